The van der Waals surface area contributed by atoms with Gasteiger partial charge in [0, 0.05) is 5.75 Å². The molecule has 2 nitrogen and oxygen atoms in total. The Morgan fingerprint density at radius 2 is 2.06 bits per heavy atom. The molecule has 1 aliphatic heterocycles. The second kappa shape index (κ2) is 5.26. The Morgan fingerprint density at radius 3 is 2.67 bits per heavy atom. The monoisotopic (exact) mass is 270 g/mol. The lowest BCUT2D eigenvalue weighted by atomic mass is 9.97. The highest BCUT2D eigenvalue weighted by atomic mass is 32.2. The molecular weight excluding hydrogens is 254 g/mol. The molecule has 1 aromatic carbocycles. The predicted octanol–water partition coefficient (Wildman–Crippen LogP) is 4.04. The summed E-state index contributed by atoms with van der Waals surface area (Å²) in [6, 6.07) is 3.82. The van der Waals surface area contributed by atoms with Gasteiger partial charge in [-0.05, 0) is 31.9 Å². The van der Waals surface area contributed by atoms with Crippen LogP contribution in [0.2, 0.25) is 0 Å². The zero-order valence-electron chi connectivity index (χ0n) is 10.5. The molecule has 0 spiro atoms. The Kier molecular flexibility index (Phi) is 3.90. The number of hydrogen-bond donors (Lipinski definition) is 1. The highest BCUT2D eigenvalue weighted by Crippen LogP contribution is 2.30. The second-order valence-electron chi connectivity index (χ2n) is 4.59. The molecule has 5 heteroatoms. The molecule has 1 aliphatic rings. The van der Waals surface area contributed by atoms with E-state index in [2.05, 4.69) is 24.2 Å². The van der Waals surface area contributed by atoms with Gasteiger partial charge < -0.3 is 5.32 Å². The lowest BCUT2D eigenvalue weighted by Crippen LogP contribution is -2.30. The fourth-order valence-corrected chi connectivity index (χ4v) is 2.94. The van der Waals surface area contributed by atoms with Gasteiger partial charge in [0.2, 0.25) is 0 Å². The van der Waals surface area contributed by atoms with Crippen LogP contribution in [0.15, 0.2) is 23.2 Å². The first kappa shape index (κ1) is 13.3. The van der Waals surface area contributed by atoms with Crippen molar-refractivity contribution in [3.05, 3.63) is 29.8 Å². The Morgan fingerprint density at radius 1 is 1.39 bits per heavy atom. The molecule has 0 aromatic heterocycles. The van der Waals surface area contributed by atoms with Crippen molar-refractivity contribution in [1.29, 1.82) is 0 Å². The van der Waals surface area contributed by atoms with Gasteiger partial charge in [0.05, 0.1) is 5.54 Å². The quantitative estimate of drug-likeness (QED) is 0.877. The van der Waals surface area contributed by atoms with Gasteiger partial charge in [-0.2, -0.15) is 0 Å². The molecule has 0 amide bonds. The molecule has 0 bridgehead atoms. The summed E-state index contributed by atoms with van der Waals surface area (Å²) in [6.45, 7) is 4.13. The number of rotatable bonds is 2. The van der Waals surface area contributed by atoms with E-state index in [0.29, 0.717) is 5.17 Å². The van der Waals surface area contributed by atoms with Gasteiger partial charge in [-0.3, -0.25) is 4.99 Å². The predicted molar refractivity (Wildman–Crippen MR) is 73.2 cm³/mol. The minimum Gasteiger partial charge on any atom is -0.330 e. The smallest absolute Gasteiger partial charge is 0.161 e. The van der Waals surface area contributed by atoms with Crippen molar-refractivity contribution in [1.82, 2.24) is 0 Å². The van der Waals surface area contributed by atoms with Crippen LogP contribution in [0.5, 0.6) is 0 Å². The Balaban J connectivity index is 2.24. The maximum atomic E-state index is 13.5. The number of amidine groups is 1. The summed E-state index contributed by atoms with van der Waals surface area (Å²) in [4.78, 5) is 4.54. The van der Waals surface area contributed by atoms with Crippen molar-refractivity contribution in [2.24, 2.45) is 4.99 Å². The Hall–Kier alpha value is -1.10. The summed E-state index contributed by atoms with van der Waals surface area (Å²) in [5, 5.41) is 3.36. The molecule has 0 radical (unpaired) electrons. The molecule has 2 rings (SSSR count). The number of para-hydroxylation sites is 1. The van der Waals surface area contributed by atoms with E-state index in [4.69, 9.17) is 0 Å². The zero-order valence-corrected chi connectivity index (χ0v) is 11.3. The van der Waals surface area contributed by atoms with Gasteiger partial charge in [-0.15, -0.1) is 0 Å². The maximum Gasteiger partial charge on any atom is 0.161 e. The fraction of sp³-hybridized carbons (Fsp3) is 0.462. The van der Waals surface area contributed by atoms with Crippen LogP contribution < -0.4 is 5.32 Å². The number of benzene rings is 1. The average Bonchev–Trinajstić information content (AvgIpc) is 2.34. The van der Waals surface area contributed by atoms with Gasteiger partial charge in [-0.25, -0.2) is 8.78 Å². The van der Waals surface area contributed by atoms with E-state index in [0.717, 1.165) is 18.6 Å². The number of anilines is 1. The number of nitrogens with zero attached hydrogens (tertiary/aromatic N) is 1. The molecule has 18 heavy (non-hydrogen) atoms. The van der Waals surface area contributed by atoms with Crippen molar-refractivity contribution in [2.45, 2.75) is 32.2 Å². The molecule has 0 aliphatic carbocycles. The number of nitrogens with one attached hydrogen (secondary N) is 1. The third kappa shape index (κ3) is 2.83. The van der Waals surface area contributed by atoms with E-state index in [1.54, 1.807) is 0 Å². The molecule has 1 aromatic rings. The molecule has 1 N–H and O–H groups in total. The summed E-state index contributed by atoms with van der Waals surface area (Å²) >= 11 is 1.50. The minimum atomic E-state index is -0.595. The first-order valence-corrected chi connectivity index (χ1v) is 6.96. The molecule has 98 valence electrons. The minimum absolute atomic E-state index is 0.121. The number of aliphatic imine (C=N–C) groups is 1. The van der Waals surface area contributed by atoms with Gasteiger partial charge in [-0.1, -0.05) is 24.8 Å². The first-order chi connectivity index (χ1) is 8.54. The third-order valence-corrected chi connectivity index (χ3v) is 4.08. The van der Waals surface area contributed by atoms with Crippen LogP contribution in [-0.4, -0.2) is 16.5 Å². The Labute approximate surface area is 110 Å². The van der Waals surface area contributed by atoms with Crippen molar-refractivity contribution in [3.8, 4) is 0 Å². The molecule has 1 unspecified atom stereocenters. The summed E-state index contributed by atoms with van der Waals surface area (Å²) in [6.07, 6.45) is 1.90. The number of thioether (sulfide) groups is 1. The van der Waals surface area contributed by atoms with E-state index >= 15 is 0 Å². The lowest BCUT2D eigenvalue weighted by molar-refractivity contribution is 0.443. The van der Waals surface area contributed by atoms with Crippen LogP contribution in [0.1, 0.15) is 26.7 Å². The van der Waals surface area contributed by atoms with Crippen molar-refractivity contribution < 1.29 is 8.78 Å². The standard InChI is InChI=1S/C13H16F2N2S/c1-3-13(2)7-8-18-12(17-13)16-11-9(14)5-4-6-10(11)15/h4-6H,3,7-8H2,1-2H3,(H,16,17). The van der Waals surface area contributed by atoms with Gasteiger partial charge in [0.15, 0.2) is 5.17 Å². The third-order valence-electron chi connectivity index (χ3n) is 3.21. The van der Waals surface area contributed by atoms with Crippen LogP contribution in [0.4, 0.5) is 14.5 Å². The van der Waals surface area contributed by atoms with E-state index in [1.165, 1.54) is 30.0 Å². The first-order valence-electron chi connectivity index (χ1n) is 5.98. The van der Waals surface area contributed by atoms with Crippen molar-refractivity contribution in [2.75, 3.05) is 11.1 Å². The van der Waals surface area contributed by atoms with Gasteiger partial charge in [0.25, 0.3) is 0 Å². The highest BCUT2D eigenvalue weighted by Gasteiger charge is 2.26. The number of halogens is 2. The summed E-state index contributed by atoms with van der Waals surface area (Å²) in [5.41, 5.74) is -0.251. The van der Waals surface area contributed by atoms with Gasteiger partial charge >= 0.3 is 0 Å². The molecule has 0 saturated carbocycles. The average molecular weight is 270 g/mol. The van der Waals surface area contributed by atoms with E-state index in [9.17, 15) is 8.78 Å². The second-order valence-corrected chi connectivity index (χ2v) is 5.67. The molecule has 0 fully saturated rings. The molecular formula is C13H16F2N2S. The van der Waals surface area contributed by atoms with Crippen LogP contribution in [0.25, 0.3) is 0 Å². The zero-order chi connectivity index (χ0) is 13.2. The van der Waals surface area contributed by atoms with Gasteiger partial charge in [0.1, 0.15) is 17.3 Å². The Bertz CT molecular complexity index is 456. The van der Waals surface area contributed by atoms with Crippen LogP contribution >= 0.6 is 11.8 Å². The van der Waals surface area contributed by atoms with E-state index in [1.807, 2.05) is 0 Å². The fourth-order valence-electron chi connectivity index (χ4n) is 1.74. The van der Waals surface area contributed by atoms with Crippen molar-refractivity contribution in [3.63, 3.8) is 0 Å². The maximum absolute atomic E-state index is 13.5. The summed E-state index contributed by atoms with van der Waals surface area (Å²) < 4.78 is 27.0. The lowest BCUT2D eigenvalue weighted by Gasteiger charge is -2.29. The van der Waals surface area contributed by atoms with Crippen LogP contribution in [-0.2, 0) is 0 Å². The normalized spacial score (nSPS) is 23.7. The van der Waals surface area contributed by atoms with E-state index in [-0.39, 0.29) is 11.2 Å². The van der Waals surface area contributed by atoms with Crippen LogP contribution in [0, 0.1) is 11.6 Å². The topological polar surface area (TPSA) is 24.4 Å². The summed E-state index contributed by atoms with van der Waals surface area (Å²) in [7, 11) is 0. The highest BCUT2D eigenvalue weighted by molar-refractivity contribution is 8.14. The van der Waals surface area contributed by atoms with E-state index < -0.39 is 11.6 Å². The molecule has 0 saturated heterocycles. The van der Waals surface area contributed by atoms with Crippen molar-refractivity contribution >= 4 is 22.6 Å². The summed E-state index contributed by atoms with van der Waals surface area (Å²) in [5.74, 6) is -0.282. The molecule has 1 atom stereocenters. The number of hydrogen-bond acceptors (Lipinski definition) is 3. The van der Waals surface area contributed by atoms with Crippen LogP contribution in [0.3, 0.4) is 0 Å². The SMILES string of the molecule is CCC1(C)CCSC(Nc2c(F)cccc2F)=N1. The molecule has 1 heterocycles. The largest absolute Gasteiger partial charge is 0.330 e.